The maximum atomic E-state index is 10.5. The lowest BCUT2D eigenvalue weighted by molar-refractivity contribution is -0.0754. The first kappa shape index (κ1) is 13.1. The SMILES string of the molecule is C=C1CC[C@@H]2O[C@@H]3C[C@](C)(O)[C@@H](Br)C[C@]13C2(C)C. The van der Waals surface area contributed by atoms with Crippen LogP contribution in [-0.4, -0.2) is 27.7 Å². The highest BCUT2D eigenvalue weighted by molar-refractivity contribution is 9.09. The average Bonchev–Trinajstić information content (AvgIpc) is 2.38. The van der Waals surface area contributed by atoms with Crippen molar-refractivity contribution in [2.45, 2.75) is 69.1 Å². The first-order valence-corrected chi connectivity index (χ1v) is 7.83. The summed E-state index contributed by atoms with van der Waals surface area (Å²) in [4.78, 5) is 0.123. The van der Waals surface area contributed by atoms with E-state index in [9.17, 15) is 5.11 Å². The number of aliphatic hydroxyl groups is 1. The molecule has 0 unspecified atom stereocenters. The van der Waals surface area contributed by atoms with E-state index < -0.39 is 5.60 Å². The Labute approximate surface area is 118 Å². The molecule has 0 aromatic heterocycles. The molecule has 3 rings (SSSR count). The van der Waals surface area contributed by atoms with Gasteiger partial charge in [-0.1, -0.05) is 41.9 Å². The van der Waals surface area contributed by atoms with Crippen LogP contribution in [0.2, 0.25) is 0 Å². The Balaban J connectivity index is 2.08. The number of ether oxygens (including phenoxy) is 1. The predicted molar refractivity (Wildman–Crippen MR) is 75.8 cm³/mol. The fourth-order valence-corrected chi connectivity index (χ4v) is 5.29. The molecule has 0 amide bonds. The molecule has 2 aliphatic carbocycles. The summed E-state index contributed by atoms with van der Waals surface area (Å²) in [5.74, 6) is 0. The minimum atomic E-state index is -0.677. The Morgan fingerprint density at radius 3 is 2.61 bits per heavy atom. The maximum absolute atomic E-state index is 10.5. The highest BCUT2D eigenvalue weighted by atomic mass is 79.9. The molecule has 5 atom stereocenters. The molecule has 1 spiro atoms. The van der Waals surface area contributed by atoms with E-state index >= 15 is 0 Å². The van der Waals surface area contributed by atoms with E-state index in [4.69, 9.17) is 4.74 Å². The summed E-state index contributed by atoms with van der Waals surface area (Å²) in [6.45, 7) is 10.9. The number of fused-ring (bicyclic) bond motifs is 1. The van der Waals surface area contributed by atoms with Crippen LogP contribution in [0.1, 0.15) is 46.5 Å². The van der Waals surface area contributed by atoms with Crippen molar-refractivity contribution < 1.29 is 9.84 Å². The normalized spacial score (nSPS) is 54.3. The van der Waals surface area contributed by atoms with Crippen molar-refractivity contribution >= 4 is 15.9 Å². The summed E-state index contributed by atoms with van der Waals surface area (Å²) in [6, 6.07) is 0. The van der Waals surface area contributed by atoms with Gasteiger partial charge >= 0.3 is 0 Å². The molecule has 3 aliphatic rings. The Morgan fingerprint density at radius 2 is 1.94 bits per heavy atom. The number of hydrogen-bond donors (Lipinski definition) is 1. The Hall–Kier alpha value is 0.140. The van der Waals surface area contributed by atoms with Crippen LogP contribution in [0.3, 0.4) is 0 Å². The van der Waals surface area contributed by atoms with Crippen molar-refractivity contribution in [3.05, 3.63) is 12.2 Å². The molecule has 2 bridgehead atoms. The second-order valence-corrected chi connectivity index (χ2v) is 8.29. The molecule has 3 heteroatoms. The van der Waals surface area contributed by atoms with Crippen molar-refractivity contribution in [1.29, 1.82) is 0 Å². The number of alkyl halides is 1. The summed E-state index contributed by atoms with van der Waals surface area (Å²) in [6.07, 6.45) is 4.26. The van der Waals surface area contributed by atoms with Gasteiger partial charge in [-0.05, 0) is 26.2 Å². The number of rotatable bonds is 0. The Bertz CT molecular complexity index is 401. The van der Waals surface area contributed by atoms with E-state index in [0.29, 0.717) is 12.5 Å². The molecular formula is C15H23BrO2. The van der Waals surface area contributed by atoms with Gasteiger partial charge in [-0.15, -0.1) is 0 Å². The van der Waals surface area contributed by atoms with Crippen molar-refractivity contribution in [1.82, 2.24) is 0 Å². The molecule has 0 aromatic rings. The van der Waals surface area contributed by atoms with Gasteiger partial charge in [-0.25, -0.2) is 0 Å². The zero-order chi connectivity index (χ0) is 13.3. The molecule has 2 nitrogen and oxygen atoms in total. The first-order chi connectivity index (χ1) is 8.22. The standard InChI is InChI=1S/C15H23BrO2/c1-9-5-6-11-13(2,3)15(9)7-10(16)14(4,17)8-12(15)18-11/h10-12,17H,1,5-8H2,2-4H3/t10-,11-,12+,14-,15-/m0/s1. The van der Waals surface area contributed by atoms with Crippen LogP contribution in [0.15, 0.2) is 12.2 Å². The minimum absolute atomic E-state index is 0.0479. The molecule has 0 aromatic carbocycles. The van der Waals surface area contributed by atoms with E-state index in [1.807, 2.05) is 6.92 Å². The van der Waals surface area contributed by atoms with Gasteiger partial charge in [0.05, 0.1) is 17.8 Å². The second kappa shape index (κ2) is 3.62. The summed E-state index contributed by atoms with van der Waals surface area (Å²) < 4.78 is 6.31. The highest BCUT2D eigenvalue weighted by Crippen LogP contribution is 2.67. The van der Waals surface area contributed by atoms with Crippen LogP contribution in [0.25, 0.3) is 0 Å². The molecule has 2 saturated carbocycles. The van der Waals surface area contributed by atoms with Crippen LogP contribution in [0.5, 0.6) is 0 Å². The fourth-order valence-electron chi connectivity index (χ4n) is 4.59. The third-order valence-corrected chi connectivity index (χ3v) is 7.26. The smallest absolute Gasteiger partial charge is 0.0769 e. The molecular weight excluding hydrogens is 292 g/mol. The molecule has 18 heavy (non-hydrogen) atoms. The average molecular weight is 315 g/mol. The zero-order valence-electron chi connectivity index (χ0n) is 11.5. The highest BCUT2D eigenvalue weighted by Gasteiger charge is 2.68. The molecule has 3 fully saturated rings. The molecule has 1 N–H and O–H groups in total. The monoisotopic (exact) mass is 314 g/mol. The lowest BCUT2D eigenvalue weighted by atomic mass is 9.49. The largest absolute Gasteiger partial charge is 0.389 e. The van der Waals surface area contributed by atoms with E-state index in [1.54, 1.807) is 0 Å². The predicted octanol–water partition coefficient (Wildman–Crippen LogP) is 3.42. The van der Waals surface area contributed by atoms with Crippen LogP contribution in [0, 0.1) is 10.8 Å². The van der Waals surface area contributed by atoms with Gasteiger partial charge < -0.3 is 9.84 Å². The second-order valence-electron chi connectivity index (χ2n) is 7.18. The van der Waals surface area contributed by atoms with Crippen molar-refractivity contribution in [2.24, 2.45) is 10.8 Å². The van der Waals surface area contributed by atoms with Gasteiger partial charge in [0, 0.05) is 22.1 Å². The third-order valence-electron chi connectivity index (χ3n) is 5.95. The van der Waals surface area contributed by atoms with Crippen LogP contribution in [0.4, 0.5) is 0 Å². The van der Waals surface area contributed by atoms with Gasteiger partial charge in [0.15, 0.2) is 0 Å². The van der Waals surface area contributed by atoms with Gasteiger partial charge in [-0.2, -0.15) is 0 Å². The Morgan fingerprint density at radius 1 is 1.28 bits per heavy atom. The van der Waals surface area contributed by atoms with Crippen molar-refractivity contribution in [3.63, 3.8) is 0 Å². The Kier molecular flexibility index (Phi) is 2.64. The maximum Gasteiger partial charge on any atom is 0.0769 e. The van der Waals surface area contributed by atoms with Crippen LogP contribution in [-0.2, 0) is 4.74 Å². The van der Waals surface area contributed by atoms with Crippen LogP contribution < -0.4 is 0 Å². The first-order valence-electron chi connectivity index (χ1n) is 6.92. The van der Waals surface area contributed by atoms with E-state index in [-0.39, 0.29) is 21.8 Å². The lowest BCUT2D eigenvalue weighted by Gasteiger charge is -2.55. The molecule has 1 saturated heterocycles. The summed E-state index contributed by atoms with van der Waals surface area (Å²) in [5, 5.41) is 10.5. The summed E-state index contributed by atoms with van der Waals surface area (Å²) in [5.41, 5.74) is 0.845. The van der Waals surface area contributed by atoms with Crippen LogP contribution >= 0.6 is 15.9 Å². The van der Waals surface area contributed by atoms with E-state index in [1.165, 1.54) is 5.57 Å². The molecule has 1 aliphatic heterocycles. The molecule has 1 heterocycles. The van der Waals surface area contributed by atoms with Crippen molar-refractivity contribution in [2.75, 3.05) is 0 Å². The molecule has 102 valence electrons. The third kappa shape index (κ3) is 1.36. The summed E-state index contributed by atoms with van der Waals surface area (Å²) >= 11 is 3.70. The number of halogens is 1. The van der Waals surface area contributed by atoms with E-state index in [2.05, 4.69) is 36.4 Å². The van der Waals surface area contributed by atoms with Gasteiger partial charge in [-0.3, -0.25) is 0 Å². The van der Waals surface area contributed by atoms with Gasteiger partial charge in [0.1, 0.15) is 0 Å². The quantitative estimate of drug-likeness (QED) is 0.548. The topological polar surface area (TPSA) is 29.5 Å². The fraction of sp³-hybridized carbons (Fsp3) is 0.867. The minimum Gasteiger partial charge on any atom is -0.389 e. The van der Waals surface area contributed by atoms with Gasteiger partial charge in [0.2, 0.25) is 0 Å². The number of hydrogen-bond acceptors (Lipinski definition) is 2. The zero-order valence-corrected chi connectivity index (χ0v) is 13.1. The summed E-state index contributed by atoms with van der Waals surface area (Å²) in [7, 11) is 0. The van der Waals surface area contributed by atoms with Crippen molar-refractivity contribution in [3.8, 4) is 0 Å². The molecule has 0 radical (unpaired) electrons. The lowest BCUT2D eigenvalue weighted by Crippen LogP contribution is -2.57. The van der Waals surface area contributed by atoms with E-state index in [0.717, 1.165) is 19.3 Å². The van der Waals surface area contributed by atoms with Gasteiger partial charge in [0.25, 0.3) is 0 Å².